The number of ether oxygens (including phenoxy) is 1. The number of nitrogens with zero attached hydrogens (tertiary/aromatic N) is 1. The van der Waals surface area contributed by atoms with Crippen molar-refractivity contribution in [2.45, 2.75) is 12.6 Å². The highest BCUT2D eigenvalue weighted by molar-refractivity contribution is 9.10. The van der Waals surface area contributed by atoms with Crippen LogP contribution in [-0.4, -0.2) is 23.7 Å². The first kappa shape index (κ1) is 13.9. The van der Waals surface area contributed by atoms with Gasteiger partial charge in [-0.2, -0.15) is 0 Å². The molecule has 108 valence electrons. The molecule has 1 aliphatic rings. The minimum Gasteiger partial charge on any atom is -0.478 e. The fourth-order valence-electron chi connectivity index (χ4n) is 2.40. The van der Waals surface area contributed by atoms with Gasteiger partial charge < -0.3 is 14.7 Å². The van der Waals surface area contributed by atoms with Gasteiger partial charge in [-0.05, 0) is 29.8 Å². The minimum atomic E-state index is -0.940. The van der Waals surface area contributed by atoms with E-state index in [1.165, 1.54) is 0 Å². The molecule has 5 heteroatoms. The highest BCUT2D eigenvalue weighted by Gasteiger charge is 2.30. The van der Waals surface area contributed by atoms with Crippen molar-refractivity contribution in [1.82, 2.24) is 0 Å². The molecule has 2 aromatic rings. The Labute approximate surface area is 131 Å². The zero-order valence-electron chi connectivity index (χ0n) is 11.2. The Bertz CT molecular complexity index is 657. The molecule has 21 heavy (non-hydrogen) atoms. The topological polar surface area (TPSA) is 49.8 Å². The van der Waals surface area contributed by atoms with Crippen LogP contribution in [0.5, 0.6) is 5.75 Å². The van der Waals surface area contributed by atoms with Gasteiger partial charge in [-0.3, -0.25) is 0 Å². The largest absolute Gasteiger partial charge is 0.478 e. The van der Waals surface area contributed by atoms with E-state index in [9.17, 15) is 9.90 Å². The standard InChI is InChI=1S/C16H14BrNO3/c17-12-7-5-11(6-8-12)9-18-10-15(16(19)20)21-14-4-2-1-3-13(14)18/h1-8,15H,9-10H2,(H,19,20)/t15-/m1/s1. The second-order valence-corrected chi connectivity index (χ2v) is 5.84. The molecule has 2 aromatic carbocycles. The number of hydrogen-bond donors (Lipinski definition) is 1. The summed E-state index contributed by atoms with van der Waals surface area (Å²) in [6.45, 7) is 0.986. The quantitative estimate of drug-likeness (QED) is 0.925. The number of carbonyl (C=O) groups is 1. The number of anilines is 1. The maximum absolute atomic E-state index is 11.2. The minimum absolute atomic E-state index is 0.336. The molecule has 0 amide bonds. The number of fused-ring (bicyclic) bond motifs is 1. The Kier molecular flexibility index (Phi) is 3.84. The third-order valence-corrected chi connectivity index (χ3v) is 3.95. The molecule has 0 spiro atoms. The van der Waals surface area contributed by atoms with Crippen LogP contribution in [0.2, 0.25) is 0 Å². The number of para-hydroxylation sites is 2. The maximum atomic E-state index is 11.2. The number of benzene rings is 2. The van der Waals surface area contributed by atoms with Crippen molar-refractivity contribution in [2.24, 2.45) is 0 Å². The molecule has 1 aliphatic heterocycles. The van der Waals surface area contributed by atoms with Crippen LogP contribution >= 0.6 is 15.9 Å². The van der Waals surface area contributed by atoms with Crippen LogP contribution in [0.25, 0.3) is 0 Å². The summed E-state index contributed by atoms with van der Waals surface area (Å²) in [7, 11) is 0. The summed E-state index contributed by atoms with van der Waals surface area (Å²) in [5.74, 6) is -0.321. The molecule has 4 nitrogen and oxygen atoms in total. The van der Waals surface area contributed by atoms with Gasteiger partial charge in [0.05, 0.1) is 12.2 Å². The van der Waals surface area contributed by atoms with Crippen molar-refractivity contribution in [1.29, 1.82) is 0 Å². The lowest BCUT2D eigenvalue weighted by Gasteiger charge is -2.34. The molecule has 1 atom stereocenters. The second kappa shape index (κ2) is 5.77. The summed E-state index contributed by atoms with van der Waals surface area (Å²) in [5, 5.41) is 9.23. The van der Waals surface area contributed by atoms with Crippen LogP contribution in [0.4, 0.5) is 5.69 Å². The van der Waals surface area contributed by atoms with Gasteiger partial charge in [0, 0.05) is 11.0 Å². The number of carboxylic acid groups (broad SMARTS) is 1. The molecule has 0 fully saturated rings. The third kappa shape index (κ3) is 3.03. The fraction of sp³-hybridized carbons (Fsp3) is 0.188. The van der Waals surface area contributed by atoms with E-state index in [0.717, 1.165) is 15.7 Å². The monoisotopic (exact) mass is 347 g/mol. The van der Waals surface area contributed by atoms with Gasteiger partial charge in [0.1, 0.15) is 5.75 Å². The van der Waals surface area contributed by atoms with E-state index in [-0.39, 0.29) is 0 Å². The number of hydrogen-bond acceptors (Lipinski definition) is 3. The summed E-state index contributed by atoms with van der Waals surface area (Å²) in [5.41, 5.74) is 2.05. The first-order valence-electron chi connectivity index (χ1n) is 6.61. The van der Waals surface area contributed by atoms with Crippen molar-refractivity contribution in [3.8, 4) is 5.75 Å². The highest BCUT2D eigenvalue weighted by Crippen LogP contribution is 2.34. The first-order chi connectivity index (χ1) is 10.1. The Morgan fingerprint density at radius 2 is 1.95 bits per heavy atom. The smallest absolute Gasteiger partial charge is 0.346 e. The molecule has 0 aromatic heterocycles. The molecular formula is C16H14BrNO3. The van der Waals surface area contributed by atoms with Crippen molar-refractivity contribution < 1.29 is 14.6 Å². The summed E-state index contributed by atoms with van der Waals surface area (Å²) in [6.07, 6.45) is -0.838. The van der Waals surface area contributed by atoms with E-state index in [1.807, 2.05) is 47.4 Å². The predicted octanol–water partition coefficient (Wildman–Crippen LogP) is 3.30. The van der Waals surface area contributed by atoms with E-state index >= 15 is 0 Å². The zero-order chi connectivity index (χ0) is 14.8. The molecule has 0 saturated heterocycles. The van der Waals surface area contributed by atoms with Gasteiger partial charge in [-0.15, -0.1) is 0 Å². The molecule has 0 saturated carbocycles. The molecule has 1 heterocycles. The van der Waals surface area contributed by atoms with Crippen LogP contribution < -0.4 is 9.64 Å². The van der Waals surface area contributed by atoms with Gasteiger partial charge in [0.25, 0.3) is 0 Å². The number of halogens is 1. The lowest BCUT2D eigenvalue weighted by molar-refractivity contribution is -0.144. The lowest BCUT2D eigenvalue weighted by Crippen LogP contribution is -2.44. The van der Waals surface area contributed by atoms with Gasteiger partial charge in [-0.1, -0.05) is 40.2 Å². The van der Waals surface area contributed by atoms with Crippen molar-refractivity contribution >= 4 is 27.6 Å². The predicted molar refractivity (Wildman–Crippen MR) is 83.7 cm³/mol. The Balaban J connectivity index is 1.89. The van der Waals surface area contributed by atoms with Crippen LogP contribution in [0, 0.1) is 0 Å². The van der Waals surface area contributed by atoms with E-state index in [0.29, 0.717) is 18.8 Å². The third-order valence-electron chi connectivity index (χ3n) is 3.42. The highest BCUT2D eigenvalue weighted by atomic mass is 79.9. The van der Waals surface area contributed by atoms with Gasteiger partial charge in [-0.25, -0.2) is 4.79 Å². The average Bonchev–Trinajstić information content (AvgIpc) is 2.49. The van der Waals surface area contributed by atoms with E-state index < -0.39 is 12.1 Å². The lowest BCUT2D eigenvalue weighted by atomic mass is 10.1. The molecular weight excluding hydrogens is 334 g/mol. The molecule has 3 rings (SSSR count). The number of rotatable bonds is 3. The van der Waals surface area contributed by atoms with E-state index in [1.54, 1.807) is 6.07 Å². The summed E-state index contributed by atoms with van der Waals surface area (Å²) in [4.78, 5) is 13.3. The molecule has 0 aliphatic carbocycles. The van der Waals surface area contributed by atoms with Crippen molar-refractivity contribution in [3.63, 3.8) is 0 Å². The molecule has 0 radical (unpaired) electrons. The molecule has 1 N–H and O–H groups in total. The Morgan fingerprint density at radius 1 is 1.24 bits per heavy atom. The number of carboxylic acids is 1. The van der Waals surface area contributed by atoms with Crippen molar-refractivity contribution in [3.05, 3.63) is 58.6 Å². The van der Waals surface area contributed by atoms with Crippen LogP contribution in [0.1, 0.15) is 5.56 Å². The molecule has 0 bridgehead atoms. The average molecular weight is 348 g/mol. The first-order valence-corrected chi connectivity index (χ1v) is 7.40. The number of aliphatic carboxylic acids is 1. The van der Waals surface area contributed by atoms with E-state index in [2.05, 4.69) is 15.9 Å². The van der Waals surface area contributed by atoms with Crippen LogP contribution in [0.3, 0.4) is 0 Å². The van der Waals surface area contributed by atoms with Crippen LogP contribution in [-0.2, 0) is 11.3 Å². The van der Waals surface area contributed by atoms with Gasteiger partial charge >= 0.3 is 5.97 Å². The molecule has 0 unspecified atom stereocenters. The Hall–Kier alpha value is -2.01. The van der Waals surface area contributed by atoms with Crippen molar-refractivity contribution in [2.75, 3.05) is 11.4 Å². The normalized spacial score (nSPS) is 17.0. The van der Waals surface area contributed by atoms with Gasteiger partial charge in [0.15, 0.2) is 0 Å². The summed E-state index contributed by atoms with van der Waals surface area (Å²) >= 11 is 3.41. The van der Waals surface area contributed by atoms with E-state index in [4.69, 9.17) is 4.74 Å². The maximum Gasteiger partial charge on any atom is 0.346 e. The van der Waals surface area contributed by atoms with Crippen LogP contribution in [0.15, 0.2) is 53.0 Å². The SMILES string of the molecule is O=C(O)[C@H]1CN(Cc2ccc(Br)cc2)c2ccccc2O1. The van der Waals surface area contributed by atoms with Gasteiger partial charge in [0.2, 0.25) is 6.10 Å². The summed E-state index contributed by atoms with van der Waals surface area (Å²) in [6, 6.07) is 15.5. The summed E-state index contributed by atoms with van der Waals surface area (Å²) < 4.78 is 6.56. The second-order valence-electron chi connectivity index (χ2n) is 4.92. The zero-order valence-corrected chi connectivity index (χ0v) is 12.8. The fourth-order valence-corrected chi connectivity index (χ4v) is 2.66. The Morgan fingerprint density at radius 3 is 2.67 bits per heavy atom.